The second-order valence-electron chi connectivity index (χ2n) is 5.15. The molecule has 0 saturated heterocycles. The Bertz CT molecular complexity index is 504. The number of aromatic amines is 1. The first-order valence-corrected chi connectivity index (χ1v) is 6.59. The summed E-state index contributed by atoms with van der Waals surface area (Å²) >= 11 is 0. The third-order valence-electron chi connectivity index (χ3n) is 3.63. The minimum absolute atomic E-state index is 0.162. The molecule has 0 aromatic carbocycles. The van der Waals surface area contributed by atoms with Crippen molar-refractivity contribution in [1.29, 1.82) is 0 Å². The molecular weight excluding hydrogens is 246 g/mol. The van der Waals surface area contributed by atoms with Crippen LogP contribution >= 0.6 is 0 Å². The SMILES string of the molecule is Cc1nc(NCC2CCC(C(=O)O)CC2)cc(=O)[nH]1. The van der Waals surface area contributed by atoms with E-state index in [1.54, 1.807) is 6.92 Å². The van der Waals surface area contributed by atoms with Crippen LogP contribution < -0.4 is 10.9 Å². The van der Waals surface area contributed by atoms with Gasteiger partial charge >= 0.3 is 5.97 Å². The van der Waals surface area contributed by atoms with E-state index in [2.05, 4.69) is 15.3 Å². The zero-order chi connectivity index (χ0) is 13.8. The van der Waals surface area contributed by atoms with Gasteiger partial charge < -0.3 is 15.4 Å². The molecule has 0 unspecified atom stereocenters. The number of anilines is 1. The molecule has 1 aliphatic carbocycles. The molecule has 2 rings (SSSR count). The highest BCUT2D eigenvalue weighted by molar-refractivity contribution is 5.69. The van der Waals surface area contributed by atoms with Crippen molar-refractivity contribution in [1.82, 2.24) is 9.97 Å². The normalized spacial score (nSPS) is 23.0. The van der Waals surface area contributed by atoms with Gasteiger partial charge in [-0.15, -0.1) is 0 Å². The first-order valence-electron chi connectivity index (χ1n) is 6.59. The highest BCUT2D eigenvalue weighted by atomic mass is 16.4. The van der Waals surface area contributed by atoms with E-state index in [-0.39, 0.29) is 11.5 Å². The molecule has 3 N–H and O–H groups in total. The van der Waals surface area contributed by atoms with Gasteiger partial charge in [0, 0.05) is 12.6 Å². The zero-order valence-corrected chi connectivity index (χ0v) is 11.0. The molecule has 19 heavy (non-hydrogen) atoms. The number of nitrogens with one attached hydrogen (secondary N) is 2. The number of carboxylic acid groups (broad SMARTS) is 1. The van der Waals surface area contributed by atoms with Crippen LogP contribution in [0.2, 0.25) is 0 Å². The molecule has 0 spiro atoms. The second-order valence-corrected chi connectivity index (χ2v) is 5.15. The standard InChI is InChI=1S/C13H19N3O3/c1-8-15-11(6-12(17)16-8)14-7-9-2-4-10(5-3-9)13(18)19/h6,9-10H,2-5,7H2,1H3,(H,18,19)(H2,14,15,16,17). The highest BCUT2D eigenvalue weighted by Gasteiger charge is 2.25. The lowest BCUT2D eigenvalue weighted by molar-refractivity contribution is -0.143. The largest absolute Gasteiger partial charge is 0.481 e. The van der Waals surface area contributed by atoms with Gasteiger partial charge in [0.2, 0.25) is 0 Å². The van der Waals surface area contributed by atoms with Crippen molar-refractivity contribution in [2.24, 2.45) is 11.8 Å². The maximum atomic E-state index is 11.3. The average molecular weight is 265 g/mol. The Labute approximate surface area is 111 Å². The predicted octanol–water partition coefficient (Wildman–Crippen LogP) is 1.38. The van der Waals surface area contributed by atoms with Crippen LogP contribution in [0, 0.1) is 18.8 Å². The van der Waals surface area contributed by atoms with Gasteiger partial charge in [-0.25, -0.2) is 4.98 Å². The van der Waals surface area contributed by atoms with E-state index in [1.807, 2.05) is 0 Å². The third-order valence-corrected chi connectivity index (χ3v) is 3.63. The average Bonchev–Trinajstić information content (AvgIpc) is 2.36. The maximum absolute atomic E-state index is 11.3. The van der Waals surface area contributed by atoms with E-state index in [9.17, 15) is 9.59 Å². The molecular formula is C13H19N3O3. The quantitative estimate of drug-likeness (QED) is 0.764. The van der Waals surface area contributed by atoms with Crippen molar-refractivity contribution in [2.75, 3.05) is 11.9 Å². The van der Waals surface area contributed by atoms with Gasteiger partial charge in [-0.1, -0.05) is 0 Å². The van der Waals surface area contributed by atoms with Gasteiger partial charge in [0.15, 0.2) is 0 Å². The van der Waals surface area contributed by atoms with Crippen LogP contribution in [0.25, 0.3) is 0 Å². The smallest absolute Gasteiger partial charge is 0.306 e. The summed E-state index contributed by atoms with van der Waals surface area (Å²) in [5, 5.41) is 12.1. The Hall–Kier alpha value is -1.85. The molecule has 0 bridgehead atoms. The molecule has 1 heterocycles. The summed E-state index contributed by atoms with van der Waals surface area (Å²) in [6.07, 6.45) is 3.30. The summed E-state index contributed by atoms with van der Waals surface area (Å²) in [6.45, 7) is 2.48. The molecule has 1 aliphatic rings. The second kappa shape index (κ2) is 5.86. The van der Waals surface area contributed by atoms with Gasteiger partial charge in [0.1, 0.15) is 11.6 Å². The Balaban J connectivity index is 1.83. The summed E-state index contributed by atoms with van der Waals surface area (Å²) in [4.78, 5) is 28.9. The minimum Gasteiger partial charge on any atom is -0.481 e. The van der Waals surface area contributed by atoms with Crippen molar-refractivity contribution in [3.05, 3.63) is 22.2 Å². The van der Waals surface area contributed by atoms with Crippen molar-refractivity contribution < 1.29 is 9.90 Å². The lowest BCUT2D eigenvalue weighted by Gasteiger charge is -2.26. The first kappa shape index (κ1) is 13.6. The van der Waals surface area contributed by atoms with Crippen molar-refractivity contribution in [3.63, 3.8) is 0 Å². The van der Waals surface area contributed by atoms with Gasteiger partial charge in [-0.3, -0.25) is 9.59 Å². The molecule has 1 saturated carbocycles. The molecule has 1 aromatic rings. The fourth-order valence-corrected chi connectivity index (χ4v) is 2.53. The van der Waals surface area contributed by atoms with Gasteiger partial charge in [0.25, 0.3) is 5.56 Å². The lowest BCUT2D eigenvalue weighted by Crippen LogP contribution is -2.25. The number of carbonyl (C=O) groups is 1. The Morgan fingerprint density at radius 1 is 1.47 bits per heavy atom. The Kier molecular flexibility index (Phi) is 4.19. The van der Waals surface area contributed by atoms with E-state index >= 15 is 0 Å². The number of hydrogen-bond donors (Lipinski definition) is 3. The van der Waals surface area contributed by atoms with E-state index in [0.29, 0.717) is 17.6 Å². The molecule has 1 fully saturated rings. The fraction of sp³-hybridized carbons (Fsp3) is 0.615. The van der Waals surface area contributed by atoms with Crippen molar-refractivity contribution in [3.8, 4) is 0 Å². The molecule has 6 nitrogen and oxygen atoms in total. The van der Waals surface area contributed by atoms with Gasteiger partial charge in [-0.2, -0.15) is 0 Å². The first-order chi connectivity index (χ1) is 9.04. The number of H-pyrrole nitrogens is 1. The molecule has 104 valence electrons. The van der Waals surface area contributed by atoms with E-state index in [0.717, 1.165) is 32.2 Å². The monoisotopic (exact) mass is 265 g/mol. The van der Waals surface area contributed by atoms with E-state index in [1.165, 1.54) is 6.07 Å². The van der Waals surface area contributed by atoms with Crippen LogP contribution in [-0.2, 0) is 4.79 Å². The summed E-state index contributed by atoms with van der Waals surface area (Å²) in [6, 6.07) is 1.44. The number of rotatable bonds is 4. The van der Waals surface area contributed by atoms with Crippen LogP contribution in [0.15, 0.2) is 10.9 Å². The highest BCUT2D eigenvalue weighted by Crippen LogP contribution is 2.28. The summed E-state index contributed by atoms with van der Waals surface area (Å²) in [5.74, 6) is 0.762. The van der Waals surface area contributed by atoms with Gasteiger partial charge in [0.05, 0.1) is 5.92 Å². The van der Waals surface area contributed by atoms with Crippen LogP contribution in [0.1, 0.15) is 31.5 Å². The molecule has 0 amide bonds. The predicted molar refractivity (Wildman–Crippen MR) is 71.2 cm³/mol. The minimum atomic E-state index is -0.682. The number of aryl methyl sites for hydroxylation is 1. The number of carboxylic acids is 1. The molecule has 0 radical (unpaired) electrons. The molecule has 6 heteroatoms. The third kappa shape index (κ3) is 3.81. The van der Waals surface area contributed by atoms with E-state index < -0.39 is 5.97 Å². The summed E-state index contributed by atoms with van der Waals surface area (Å²) in [7, 11) is 0. The summed E-state index contributed by atoms with van der Waals surface area (Å²) < 4.78 is 0. The number of aliphatic carboxylic acids is 1. The topological polar surface area (TPSA) is 95.1 Å². The Morgan fingerprint density at radius 2 is 2.16 bits per heavy atom. The maximum Gasteiger partial charge on any atom is 0.306 e. The summed E-state index contributed by atoms with van der Waals surface area (Å²) in [5.41, 5.74) is -0.162. The number of aromatic nitrogens is 2. The van der Waals surface area contributed by atoms with Gasteiger partial charge in [-0.05, 0) is 38.5 Å². The van der Waals surface area contributed by atoms with Crippen molar-refractivity contribution in [2.45, 2.75) is 32.6 Å². The molecule has 0 aliphatic heterocycles. The van der Waals surface area contributed by atoms with Crippen LogP contribution in [-0.4, -0.2) is 27.6 Å². The van der Waals surface area contributed by atoms with Crippen molar-refractivity contribution >= 4 is 11.8 Å². The van der Waals surface area contributed by atoms with Crippen LogP contribution in [0.4, 0.5) is 5.82 Å². The number of hydrogen-bond acceptors (Lipinski definition) is 4. The molecule has 1 aromatic heterocycles. The zero-order valence-electron chi connectivity index (χ0n) is 11.0. The number of nitrogens with zero attached hydrogens (tertiary/aromatic N) is 1. The lowest BCUT2D eigenvalue weighted by atomic mass is 9.82. The Morgan fingerprint density at radius 3 is 2.74 bits per heavy atom. The van der Waals surface area contributed by atoms with Crippen LogP contribution in [0.3, 0.4) is 0 Å². The fourth-order valence-electron chi connectivity index (χ4n) is 2.53. The van der Waals surface area contributed by atoms with E-state index in [4.69, 9.17) is 5.11 Å². The molecule has 0 atom stereocenters. The van der Waals surface area contributed by atoms with Crippen LogP contribution in [0.5, 0.6) is 0 Å².